The van der Waals surface area contributed by atoms with Crippen molar-refractivity contribution in [2.75, 3.05) is 6.26 Å². The standard InChI is InChI=1S/C8H6N4O2S/c1-15(13,14)12-8-4-6(5-9)2-3-7(8)10-11-12/h2-4H,1H3. The van der Waals surface area contributed by atoms with Gasteiger partial charge in [-0.2, -0.15) is 5.26 Å². The monoisotopic (exact) mass is 222 g/mol. The minimum atomic E-state index is -3.48. The van der Waals surface area contributed by atoms with Crippen LogP contribution in [-0.4, -0.2) is 29.1 Å². The van der Waals surface area contributed by atoms with Gasteiger partial charge >= 0.3 is 0 Å². The van der Waals surface area contributed by atoms with Crippen molar-refractivity contribution in [3.63, 3.8) is 0 Å². The van der Waals surface area contributed by atoms with Gasteiger partial charge in [0.05, 0.1) is 17.9 Å². The van der Waals surface area contributed by atoms with Gasteiger partial charge in [-0.25, -0.2) is 8.42 Å². The molecule has 0 spiro atoms. The zero-order valence-corrected chi connectivity index (χ0v) is 8.56. The second-order valence-electron chi connectivity index (χ2n) is 3.01. The highest BCUT2D eigenvalue weighted by Gasteiger charge is 2.12. The van der Waals surface area contributed by atoms with Crippen LogP contribution in [0, 0.1) is 11.3 Å². The maximum absolute atomic E-state index is 11.3. The lowest BCUT2D eigenvalue weighted by Gasteiger charge is -1.97. The Hall–Kier alpha value is -1.94. The van der Waals surface area contributed by atoms with E-state index in [0.29, 0.717) is 16.6 Å². The number of nitrogens with zero attached hydrogens (tertiary/aromatic N) is 4. The van der Waals surface area contributed by atoms with E-state index in [9.17, 15) is 8.42 Å². The molecule has 1 aromatic carbocycles. The van der Waals surface area contributed by atoms with Crippen LogP contribution in [0.5, 0.6) is 0 Å². The number of hydrogen-bond acceptors (Lipinski definition) is 5. The van der Waals surface area contributed by atoms with Crippen LogP contribution in [0.1, 0.15) is 5.56 Å². The van der Waals surface area contributed by atoms with Gasteiger partial charge in [0, 0.05) is 0 Å². The maximum Gasteiger partial charge on any atom is 0.252 e. The van der Waals surface area contributed by atoms with E-state index < -0.39 is 10.0 Å². The van der Waals surface area contributed by atoms with Crippen LogP contribution in [-0.2, 0) is 10.0 Å². The first-order valence-corrected chi connectivity index (χ1v) is 5.83. The molecule has 0 aliphatic heterocycles. The van der Waals surface area contributed by atoms with Gasteiger partial charge in [-0.1, -0.05) is 5.21 Å². The first-order chi connectivity index (χ1) is 7.02. The Kier molecular flexibility index (Phi) is 1.94. The third-order valence-electron chi connectivity index (χ3n) is 1.86. The van der Waals surface area contributed by atoms with Crippen molar-refractivity contribution in [2.45, 2.75) is 0 Å². The molecule has 15 heavy (non-hydrogen) atoms. The first kappa shape index (κ1) is 9.61. The maximum atomic E-state index is 11.3. The Balaban J connectivity index is 2.85. The minimum Gasteiger partial charge on any atom is -0.205 e. The number of rotatable bonds is 1. The molecule has 0 atom stereocenters. The second-order valence-corrected chi connectivity index (χ2v) is 4.82. The molecule has 0 fully saturated rings. The summed E-state index contributed by atoms with van der Waals surface area (Å²) in [7, 11) is -3.48. The Labute approximate surface area is 85.8 Å². The zero-order valence-electron chi connectivity index (χ0n) is 7.75. The molecule has 0 aliphatic rings. The largest absolute Gasteiger partial charge is 0.252 e. The van der Waals surface area contributed by atoms with Gasteiger partial charge < -0.3 is 0 Å². The van der Waals surface area contributed by atoms with E-state index in [2.05, 4.69) is 10.3 Å². The lowest BCUT2D eigenvalue weighted by molar-refractivity contribution is 0.586. The fourth-order valence-electron chi connectivity index (χ4n) is 1.21. The van der Waals surface area contributed by atoms with Crippen molar-refractivity contribution < 1.29 is 8.42 Å². The molecule has 6 nitrogen and oxygen atoms in total. The molecule has 0 amide bonds. The van der Waals surface area contributed by atoms with Crippen LogP contribution >= 0.6 is 0 Å². The van der Waals surface area contributed by atoms with Crippen molar-refractivity contribution in [2.24, 2.45) is 0 Å². The van der Waals surface area contributed by atoms with Crippen LogP contribution in [0.15, 0.2) is 18.2 Å². The molecule has 76 valence electrons. The van der Waals surface area contributed by atoms with Crippen LogP contribution < -0.4 is 0 Å². The predicted molar refractivity (Wildman–Crippen MR) is 52.5 cm³/mol. The molecule has 0 unspecified atom stereocenters. The third-order valence-corrected chi connectivity index (χ3v) is 2.76. The molecule has 0 aliphatic carbocycles. The topological polar surface area (TPSA) is 88.6 Å². The van der Waals surface area contributed by atoms with Crippen LogP contribution in [0.4, 0.5) is 0 Å². The van der Waals surface area contributed by atoms with E-state index in [-0.39, 0.29) is 0 Å². The fraction of sp³-hybridized carbons (Fsp3) is 0.125. The van der Waals surface area contributed by atoms with E-state index in [0.717, 1.165) is 10.3 Å². The molecule has 2 aromatic rings. The van der Waals surface area contributed by atoms with E-state index in [4.69, 9.17) is 5.26 Å². The molecule has 0 radical (unpaired) electrons. The van der Waals surface area contributed by atoms with Crippen LogP contribution in [0.25, 0.3) is 11.0 Å². The number of hydrogen-bond donors (Lipinski definition) is 0. The highest BCUT2D eigenvalue weighted by Crippen LogP contribution is 2.14. The van der Waals surface area contributed by atoms with Gasteiger partial charge in [0.2, 0.25) is 0 Å². The lowest BCUT2D eigenvalue weighted by Crippen LogP contribution is -2.11. The van der Waals surface area contributed by atoms with Gasteiger partial charge in [-0.15, -0.1) is 9.19 Å². The minimum absolute atomic E-state index is 0.316. The zero-order chi connectivity index (χ0) is 11.1. The number of nitriles is 1. The molecule has 0 N–H and O–H groups in total. The van der Waals surface area contributed by atoms with Gasteiger partial charge in [0.15, 0.2) is 0 Å². The molecule has 7 heteroatoms. The third kappa shape index (κ3) is 1.55. The van der Waals surface area contributed by atoms with E-state index in [1.54, 1.807) is 12.1 Å². The smallest absolute Gasteiger partial charge is 0.205 e. The SMILES string of the molecule is CS(=O)(=O)n1nnc2ccc(C#N)cc21. The molecule has 1 aromatic heterocycles. The molecular weight excluding hydrogens is 216 g/mol. The molecule has 0 bridgehead atoms. The van der Waals surface area contributed by atoms with Gasteiger partial charge in [-0.05, 0) is 18.2 Å². The Morgan fingerprint density at radius 3 is 2.80 bits per heavy atom. The van der Waals surface area contributed by atoms with Gasteiger partial charge in [0.25, 0.3) is 10.0 Å². The highest BCUT2D eigenvalue weighted by molar-refractivity contribution is 7.89. The predicted octanol–water partition coefficient (Wildman–Crippen LogP) is 0.111. The van der Waals surface area contributed by atoms with Gasteiger partial charge in [0.1, 0.15) is 11.0 Å². The average molecular weight is 222 g/mol. The van der Waals surface area contributed by atoms with Gasteiger partial charge in [-0.3, -0.25) is 0 Å². The molecular formula is C8H6N4O2S. The van der Waals surface area contributed by atoms with Crippen molar-refractivity contribution in [1.82, 2.24) is 14.4 Å². The average Bonchev–Trinajstić information content (AvgIpc) is 2.59. The Morgan fingerprint density at radius 1 is 1.47 bits per heavy atom. The summed E-state index contributed by atoms with van der Waals surface area (Å²) in [4.78, 5) is 0. The summed E-state index contributed by atoms with van der Waals surface area (Å²) < 4.78 is 23.4. The molecule has 0 saturated carbocycles. The fourth-order valence-corrected chi connectivity index (χ4v) is 1.89. The number of benzene rings is 1. The summed E-state index contributed by atoms with van der Waals surface area (Å²) in [5, 5.41) is 15.9. The summed E-state index contributed by atoms with van der Waals surface area (Å²) in [6.07, 6.45) is 1.03. The summed E-state index contributed by atoms with van der Waals surface area (Å²) in [6.45, 7) is 0. The normalized spacial score (nSPS) is 11.5. The molecule has 1 heterocycles. The Bertz CT molecular complexity index is 665. The quantitative estimate of drug-likeness (QED) is 0.683. The van der Waals surface area contributed by atoms with Crippen LogP contribution in [0.3, 0.4) is 0 Å². The second kappa shape index (κ2) is 3.03. The number of aromatic nitrogens is 3. The van der Waals surface area contributed by atoms with Crippen molar-refractivity contribution in [3.8, 4) is 6.07 Å². The summed E-state index contributed by atoms with van der Waals surface area (Å²) in [6, 6.07) is 6.48. The van der Waals surface area contributed by atoms with E-state index in [1.165, 1.54) is 6.07 Å². The van der Waals surface area contributed by atoms with E-state index in [1.807, 2.05) is 6.07 Å². The molecule has 2 rings (SSSR count). The van der Waals surface area contributed by atoms with E-state index >= 15 is 0 Å². The highest BCUT2D eigenvalue weighted by atomic mass is 32.2. The first-order valence-electron chi connectivity index (χ1n) is 3.98. The summed E-state index contributed by atoms with van der Waals surface area (Å²) >= 11 is 0. The van der Waals surface area contributed by atoms with Crippen molar-refractivity contribution in [3.05, 3.63) is 23.8 Å². The lowest BCUT2D eigenvalue weighted by atomic mass is 10.2. The Morgan fingerprint density at radius 2 is 2.20 bits per heavy atom. The van der Waals surface area contributed by atoms with Crippen molar-refractivity contribution >= 4 is 21.1 Å². The summed E-state index contributed by atoms with van der Waals surface area (Å²) in [5.74, 6) is 0. The number of fused-ring (bicyclic) bond motifs is 1. The van der Waals surface area contributed by atoms with Crippen molar-refractivity contribution in [1.29, 1.82) is 5.26 Å². The molecule has 0 saturated heterocycles. The summed E-state index contributed by atoms with van der Waals surface area (Å²) in [5.41, 5.74) is 1.13. The van der Waals surface area contributed by atoms with Crippen LogP contribution in [0.2, 0.25) is 0 Å².